The van der Waals surface area contributed by atoms with Gasteiger partial charge < -0.3 is 21.0 Å². The molecule has 0 saturated heterocycles. The highest BCUT2D eigenvalue weighted by Crippen LogP contribution is 2.13. The number of ether oxygens (including phenoxy) is 1. The lowest BCUT2D eigenvalue weighted by Crippen LogP contribution is -2.43. The number of nitrogens with one attached hydrogen (secondary N) is 1. The van der Waals surface area contributed by atoms with Crippen molar-refractivity contribution in [2.75, 3.05) is 13.7 Å². The van der Waals surface area contributed by atoms with Gasteiger partial charge in [-0.15, -0.1) is 0 Å². The SMILES string of the molecule is COCC(C)(C)NCc1ccc(F)cc1/C(N)=N/O. The molecule has 0 radical (unpaired) electrons. The Bertz CT molecular complexity index is 461. The van der Waals surface area contributed by atoms with Gasteiger partial charge >= 0.3 is 0 Å². The van der Waals surface area contributed by atoms with Gasteiger partial charge in [0.15, 0.2) is 5.84 Å². The van der Waals surface area contributed by atoms with Crippen LogP contribution in [0.4, 0.5) is 4.39 Å². The summed E-state index contributed by atoms with van der Waals surface area (Å²) in [4.78, 5) is 0. The molecule has 4 N–H and O–H groups in total. The van der Waals surface area contributed by atoms with Gasteiger partial charge in [-0.05, 0) is 31.5 Å². The Balaban J connectivity index is 2.89. The predicted octanol–water partition coefficient (Wildman–Crippen LogP) is 1.43. The molecule has 5 nitrogen and oxygen atoms in total. The fourth-order valence-electron chi connectivity index (χ4n) is 1.74. The molecule has 0 heterocycles. The smallest absolute Gasteiger partial charge is 0.170 e. The van der Waals surface area contributed by atoms with Crippen molar-refractivity contribution in [1.29, 1.82) is 0 Å². The minimum Gasteiger partial charge on any atom is -0.409 e. The van der Waals surface area contributed by atoms with Gasteiger partial charge in [0.25, 0.3) is 0 Å². The largest absolute Gasteiger partial charge is 0.409 e. The highest BCUT2D eigenvalue weighted by molar-refractivity contribution is 5.98. The summed E-state index contributed by atoms with van der Waals surface area (Å²) >= 11 is 0. The van der Waals surface area contributed by atoms with E-state index in [0.29, 0.717) is 18.7 Å². The molecule has 0 fully saturated rings. The third kappa shape index (κ3) is 4.50. The maximum absolute atomic E-state index is 13.2. The van der Waals surface area contributed by atoms with Crippen molar-refractivity contribution >= 4 is 5.84 Å². The van der Waals surface area contributed by atoms with Crippen molar-refractivity contribution in [3.63, 3.8) is 0 Å². The predicted molar refractivity (Wildman–Crippen MR) is 71.7 cm³/mol. The van der Waals surface area contributed by atoms with Gasteiger partial charge in [-0.2, -0.15) is 0 Å². The fourth-order valence-corrected chi connectivity index (χ4v) is 1.74. The van der Waals surface area contributed by atoms with Gasteiger partial charge in [-0.3, -0.25) is 0 Å². The lowest BCUT2D eigenvalue weighted by atomic mass is 10.0. The number of halogens is 1. The molecule has 1 aromatic carbocycles. The van der Waals surface area contributed by atoms with Crippen LogP contribution < -0.4 is 11.1 Å². The minimum atomic E-state index is -0.429. The van der Waals surface area contributed by atoms with E-state index in [1.54, 1.807) is 13.2 Å². The number of hydrogen-bond donors (Lipinski definition) is 3. The second-order valence-electron chi connectivity index (χ2n) is 4.96. The molecule has 0 aliphatic carbocycles. The highest BCUT2D eigenvalue weighted by atomic mass is 19.1. The molecule has 0 saturated carbocycles. The number of hydrogen-bond acceptors (Lipinski definition) is 4. The zero-order valence-electron chi connectivity index (χ0n) is 11.4. The Labute approximate surface area is 112 Å². The third-order valence-electron chi connectivity index (χ3n) is 2.72. The van der Waals surface area contributed by atoms with Crippen molar-refractivity contribution in [1.82, 2.24) is 5.32 Å². The molecule has 0 aliphatic heterocycles. The van der Waals surface area contributed by atoms with Crippen molar-refractivity contribution in [2.45, 2.75) is 25.9 Å². The Morgan fingerprint density at radius 2 is 2.21 bits per heavy atom. The van der Waals surface area contributed by atoms with Crippen LogP contribution in [0.25, 0.3) is 0 Å². The molecule has 6 heteroatoms. The molecule has 1 rings (SSSR count). The summed E-state index contributed by atoms with van der Waals surface area (Å²) in [7, 11) is 1.63. The highest BCUT2D eigenvalue weighted by Gasteiger charge is 2.18. The van der Waals surface area contributed by atoms with Crippen LogP contribution in [0.15, 0.2) is 23.4 Å². The first-order valence-electron chi connectivity index (χ1n) is 5.90. The molecule has 0 unspecified atom stereocenters. The van der Waals surface area contributed by atoms with E-state index in [1.165, 1.54) is 12.1 Å². The molecule has 106 valence electrons. The van der Waals surface area contributed by atoms with Crippen molar-refractivity contribution in [2.24, 2.45) is 10.9 Å². The Kier molecular flexibility index (Phi) is 5.26. The summed E-state index contributed by atoms with van der Waals surface area (Å²) in [5, 5.41) is 14.9. The van der Waals surface area contributed by atoms with Crippen LogP contribution in [0.1, 0.15) is 25.0 Å². The van der Waals surface area contributed by atoms with Gasteiger partial charge in [0, 0.05) is 24.8 Å². The fraction of sp³-hybridized carbons (Fsp3) is 0.462. The summed E-state index contributed by atoms with van der Waals surface area (Å²) in [5.41, 5.74) is 6.44. The van der Waals surface area contributed by atoms with E-state index in [-0.39, 0.29) is 11.4 Å². The number of rotatable bonds is 6. The molecule has 19 heavy (non-hydrogen) atoms. The van der Waals surface area contributed by atoms with Gasteiger partial charge in [-0.25, -0.2) is 4.39 Å². The van der Waals surface area contributed by atoms with Crippen molar-refractivity contribution in [3.05, 3.63) is 35.1 Å². The molecule has 0 amide bonds. The van der Waals surface area contributed by atoms with Crippen LogP contribution in [0.3, 0.4) is 0 Å². The number of amidine groups is 1. The van der Waals surface area contributed by atoms with Crippen LogP contribution in [0.5, 0.6) is 0 Å². The average molecular weight is 269 g/mol. The zero-order chi connectivity index (χ0) is 14.5. The van der Waals surface area contributed by atoms with E-state index in [0.717, 1.165) is 5.56 Å². The number of nitrogens with two attached hydrogens (primary N) is 1. The van der Waals surface area contributed by atoms with E-state index in [4.69, 9.17) is 15.7 Å². The topological polar surface area (TPSA) is 79.9 Å². The lowest BCUT2D eigenvalue weighted by Gasteiger charge is -2.26. The summed E-state index contributed by atoms with van der Waals surface area (Å²) in [5.74, 6) is -0.539. The number of oxime groups is 1. The van der Waals surface area contributed by atoms with E-state index in [2.05, 4.69) is 10.5 Å². The first kappa shape index (κ1) is 15.4. The van der Waals surface area contributed by atoms with Crippen molar-refractivity contribution < 1.29 is 14.3 Å². The second-order valence-corrected chi connectivity index (χ2v) is 4.96. The van der Waals surface area contributed by atoms with E-state index >= 15 is 0 Å². The third-order valence-corrected chi connectivity index (χ3v) is 2.72. The Morgan fingerprint density at radius 3 is 2.79 bits per heavy atom. The normalized spacial score (nSPS) is 12.7. The molecule has 0 spiro atoms. The quantitative estimate of drug-likeness (QED) is 0.316. The van der Waals surface area contributed by atoms with Gasteiger partial charge in [0.2, 0.25) is 0 Å². The number of benzene rings is 1. The van der Waals surface area contributed by atoms with Crippen LogP contribution in [0, 0.1) is 5.82 Å². The van der Waals surface area contributed by atoms with E-state index < -0.39 is 5.82 Å². The summed E-state index contributed by atoms with van der Waals surface area (Å²) in [6, 6.07) is 4.20. The van der Waals surface area contributed by atoms with Crippen LogP contribution in [-0.4, -0.2) is 30.3 Å². The average Bonchev–Trinajstić information content (AvgIpc) is 2.36. The minimum absolute atomic E-state index is 0.110. The monoisotopic (exact) mass is 269 g/mol. The maximum atomic E-state index is 13.2. The van der Waals surface area contributed by atoms with Gasteiger partial charge in [0.1, 0.15) is 5.82 Å². The molecule has 0 aliphatic rings. The molecule has 1 aromatic rings. The van der Waals surface area contributed by atoms with Gasteiger partial charge in [-0.1, -0.05) is 11.2 Å². The van der Waals surface area contributed by atoms with Crippen molar-refractivity contribution in [3.8, 4) is 0 Å². The maximum Gasteiger partial charge on any atom is 0.170 e. The van der Waals surface area contributed by atoms with E-state index in [1.807, 2.05) is 13.8 Å². The molecule has 0 atom stereocenters. The molecular formula is C13H20FN3O2. The molecule has 0 bridgehead atoms. The zero-order valence-corrected chi connectivity index (χ0v) is 11.4. The van der Waals surface area contributed by atoms with Crippen LogP contribution in [-0.2, 0) is 11.3 Å². The standard InChI is InChI=1S/C13H20FN3O2/c1-13(2,8-19-3)16-7-9-4-5-10(14)6-11(9)12(15)17-18/h4-6,16,18H,7-8H2,1-3H3,(H2,15,17). The summed E-state index contributed by atoms with van der Waals surface area (Å²) < 4.78 is 18.3. The Morgan fingerprint density at radius 1 is 1.53 bits per heavy atom. The van der Waals surface area contributed by atoms with Crippen LogP contribution in [0.2, 0.25) is 0 Å². The first-order valence-corrected chi connectivity index (χ1v) is 5.90. The summed E-state index contributed by atoms with van der Waals surface area (Å²) in [6.45, 7) is 4.97. The van der Waals surface area contributed by atoms with E-state index in [9.17, 15) is 4.39 Å². The first-order chi connectivity index (χ1) is 8.89. The number of nitrogens with zero attached hydrogens (tertiary/aromatic N) is 1. The number of methoxy groups -OCH3 is 1. The molecular weight excluding hydrogens is 249 g/mol. The van der Waals surface area contributed by atoms with Crippen LogP contribution >= 0.6 is 0 Å². The lowest BCUT2D eigenvalue weighted by molar-refractivity contribution is 0.127. The molecule has 0 aromatic heterocycles. The second kappa shape index (κ2) is 6.49. The summed E-state index contributed by atoms with van der Waals surface area (Å²) in [6.07, 6.45) is 0. The Hall–Kier alpha value is -1.66. The van der Waals surface area contributed by atoms with Gasteiger partial charge in [0.05, 0.1) is 6.61 Å².